The summed E-state index contributed by atoms with van der Waals surface area (Å²) < 4.78 is 5.39. The van der Waals surface area contributed by atoms with E-state index in [1.54, 1.807) is 0 Å². The number of hydrogen-bond donors (Lipinski definition) is 2. The van der Waals surface area contributed by atoms with Gasteiger partial charge in [-0.15, -0.1) is 0 Å². The third kappa shape index (κ3) is 4.23. The smallest absolute Gasteiger partial charge is 0.0474 e. The molecule has 0 aromatic carbocycles. The van der Waals surface area contributed by atoms with Crippen LogP contribution in [0.1, 0.15) is 44.9 Å². The Morgan fingerprint density at radius 2 is 1.76 bits per heavy atom. The van der Waals surface area contributed by atoms with Gasteiger partial charge in [-0.3, -0.25) is 0 Å². The lowest BCUT2D eigenvalue weighted by molar-refractivity contribution is 0.0636. The van der Waals surface area contributed by atoms with Crippen molar-refractivity contribution in [1.82, 2.24) is 5.32 Å². The minimum Gasteiger partial charge on any atom is -0.396 e. The minimum atomic E-state index is 0.353. The van der Waals surface area contributed by atoms with Crippen LogP contribution < -0.4 is 5.32 Å². The Morgan fingerprint density at radius 3 is 2.53 bits per heavy atom. The third-order valence-corrected chi connectivity index (χ3v) is 4.40. The average molecular weight is 241 g/mol. The van der Waals surface area contributed by atoms with Gasteiger partial charge < -0.3 is 15.2 Å². The van der Waals surface area contributed by atoms with E-state index in [-0.39, 0.29) is 0 Å². The van der Waals surface area contributed by atoms with Gasteiger partial charge in [0.05, 0.1) is 0 Å². The summed E-state index contributed by atoms with van der Waals surface area (Å²) >= 11 is 0. The van der Waals surface area contributed by atoms with Crippen molar-refractivity contribution in [3.05, 3.63) is 0 Å². The molecule has 1 saturated carbocycles. The van der Waals surface area contributed by atoms with Gasteiger partial charge >= 0.3 is 0 Å². The van der Waals surface area contributed by atoms with Crippen LogP contribution in [-0.4, -0.2) is 37.5 Å². The van der Waals surface area contributed by atoms with E-state index in [9.17, 15) is 5.11 Å². The summed E-state index contributed by atoms with van der Waals surface area (Å²) in [5, 5.41) is 13.2. The van der Waals surface area contributed by atoms with E-state index in [0.717, 1.165) is 25.7 Å². The van der Waals surface area contributed by atoms with Crippen molar-refractivity contribution >= 4 is 0 Å². The second-order valence-electron chi connectivity index (χ2n) is 5.65. The van der Waals surface area contributed by atoms with Crippen molar-refractivity contribution in [3.63, 3.8) is 0 Å². The molecule has 17 heavy (non-hydrogen) atoms. The summed E-state index contributed by atoms with van der Waals surface area (Å²) in [4.78, 5) is 0. The van der Waals surface area contributed by atoms with Crippen LogP contribution in [0.2, 0.25) is 0 Å². The molecular formula is C14H27NO2. The van der Waals surface area contributed by atoms with Crippen LogP contribution in [0.5, 0.6) is 0 Å². The summed E-state index contributed by atoms with van der Waals surface area (Å²) in [6.07, 6.45) is 8.79. The molecule has 2 unspecified atom stereocenters. The van der Waals surface area contributed by atoms with Crippen LogP contribution in [0.25, 0.3) is 0 Å². The highest BCUT2D eigenvalue weighted by Crippen LogP contribution is 2.24. The SMILES string of the molecule is OCC1CCCCCC1NCC1CCOCC1. The maximum Gasteiger partial charge on any atom is 0.0474 e. The summed E-state index contributed by atoms with van der Waals surface area (Å²) in [5.74, 6) is 1.27. The first kappa shape index (κ1) is 13.3. The van der Waals surface area contributed by atoms with Crippen molar-refractivity contribution in [1.29, 1.82) is 0 Å². The van der Waals surface area contributed by atoms with Crippen LogP contribution in [-0.2, 0) is 4.74 Å². The highest BCUT2D eigenvalue weighted by molar-refractivity contribution is 4.80. The van der Waals surface area contributed by atoms with E-state index in [4.69, 9.17) is 4.74 Å². The first-order chi connectivity index (χ1) is 8.40. The number of aliphatic hydroxyl groups excluding tert-OH is 1. The summed E-state index contributed by atoms with van der Waals surface area (Å²) in [5.41, 5.74) is 0. The Bertz CT molecular complexity index is 204. The zero-order valence-electron chi connectivity index (χ0n) is 10.9. The zero-order valence-corrected chi connectivity index (χ0v) is 10.9. The monoisotopic (exact) mass is 241 g/mol. The lowest BCUT2D eigenvalue weighted by Crippen LogP contribution is -2.40. The van der Waals surface area contributed by atoms with Crippen molar-refractivity contribution in [2.24, 2.45) is 11.8 Å². The van der Waals surface area contributed by atoms with Crippen molar-refractivity contribution in [3.8, 4) is 0 Å². The maximum absolute atomic E-state index is 9.46. The number of ether oxygens (including phenoxy) is 1. The zero-order chi connectivity index (χ0) is 11.9. The van der Waals surface area contributed by atoms with Gasteiger partial charge in [0.1, 0.15) is 0 Å². The molecule has 1 aliphatic carbocycles. The number of nitrogens with one attached hydrogen (secondary N) is 1. The van der Waals surface area contributed by atoms with E-state index in [2.05, 4.69) is 5.32 Å². The predicted octanol–water partition coefficient (Wildman–Crippen LogP) is 1.94. The van der Waals surface area contributed by atoms with Crippen molar-refractivity contribution in [2.75, 3.05) is 26.4 Å². The standard InChI is InChI=1S/C14H27NO2/c16-11-13-4-2-1-3-5-14(13)15-10-12-6-8-17-9-7-12/h12-16H,1-11H2. The molecule has 1 aliphatic heterocycles. The van der Waals surface area contributed by atoms with E-state index < -0.39 is 0 Å². The normalized spacial score (nSPS) is 32.3. The molecular weight excluding hydrogens is 214 g/mol. The molecule has 2 fully saturated rings. The lowest BCUT2D eigenvalue weighted by atomic mass is 9.94. The fraction of sp³-hybridized carbons (Fsp3) is 1.00. The molecule has 100 valence electrons. The van der Waals surface area contributed by atoms with Crippen molar-refractivity contribution in [2.45, 2.75) is 51.0 Å². The second kappa shape index (κ2) is 7.34. The third-order valence-electron chi connectivity index (χ3n) is 4.40. The first-order valence-electron chi connectivity index (χ1n) is 7.32. The second-order valence-corrected chi connectivity index (χ2v) is 5.65. The number of hydrogen-bond acceptors (Lipinski definition) is 3. The van der Waals surface area contributed by atoms with Gasteiger partial charge in [-0.25, -0.2) is 0 Å². The molecule has 0 aromatic rings. The van der Waals surface area contributed by atoms with Gasteiger partial charge in [-0.05, 0) is 44.1 Å². The van der Waals surface area contributed by atoms with Gasteiger partial charge in [0.25, 0.3) is 0 Å². The molecule has 1 heterocycles. The van der Waals surface area contributed by atoms with Crippen molar-refractivity contribution < 1.29 is 9.84 Å². The first-order valence-corrected chi connectivity index (χ1v) is 7.32. The topological polar surface area (TPSA) is 41.5 Å². The van der Waals surface area contributed by atoms with Crippen LogP contribution in [0, 0.1) is 11.8 Å². The Labute approximate surface area is 105 Å². The van der Waals surface area contributed by atoms with Gasteiger partial charge in [0.15, 0.2) is 0 Å². The minimum absolute atomic E-state index is 0.353. The van der Waals surface area contributed by atoms with Gasteiger partial charge in [0.2, 0.25) is 0 Å². The maximum atomic E-state index is 9.46. The molecule has 0 aromatic heterocycles. The van der Waals surface area contributed by atoms with Crippen LogP contribution >= 0.6 is 0 Å². The molecule has 0 spiro atoms. The summed E-state index contributed by atoms with van der Waals surface area (Å²) in [7, 11) is 0. The molecule has 0 bridgehead atoms. The molecule has 3 nitrogen and oxygen atoms in total. The molecule has 0 amide bonds. The molecule has 1 saturated heterocycles. The Balaban J connectivity index is 1.74. The molecule has 2 aliphatic rings. The molecule has 3 heteroatoms. The number of rotatable bonds is 4. The van der Waals surface area contributed by atoms with Gasteiger partial charge in [0, 0.05) is 25.9 Å². The van der Waals surface area contributed by atoms with Gasteiger partial charge in [-0.2, -0.15) is 0 Å². The van der Waals surface area contributed by atoms with E-state index in [0.29, 0.717) is 18.6 Å². The fourth-order valence-electron chi connectivity index (χ4n) is 3.14. The lowest BCUT2D eigenvalue weighted by Gasteiger charge is -2.28. The Morgan fingerprint density at radius 1 is 1.00 bits per heavy atom. The summed E-state index contributed by atoms with van der Waals surface area (Å²) in [6.45, 7) is 3.33. The predicted molar refractivity (Wildman–Crippen MR) is 69.0 cm³/mol. The Kier molecular flexibility index (Phi) is 5.75. The highest BCUT2D eigenvalue weighted by Gasteiger charge is 2.24. The molecule has 2 N–H and O–H groups in total. The van der Waals surface area contributed by atoms with Gasteiger partial charge in [-0.1, -0.05) is 19.3 Å². The average Bonchev–Trinajstić information content (AvgIpc) is 2.62. The Hall–Kier alpha value is -0.120. The number of aliphatic hydroxyl groups is 1. The molecule has 2 rings (SSSR count). The van der Waals surface area contributed by atoms with E-state index in [1.165, 1.54) is 44.9 Å². The quantitative estimate of drug-likeness (QED) is 0.739. The highest BCUT2D eigenvalue weighted by atomic mass is 16.5. The fourth-order valence-corrected chi connectivity index (χ4v) is 3.14. The van der Waals surface area contributed by atoms with Crippen LogP contribution in [0.15, 0.2) is 0 Å². The van der Waals surface area contributed by atoms with E-state index in [1.807, 2.05) is 0 Å². The molecule has 2 atom stereocenters. The summed E-state index contributed by atoms with van der Waals surface area (Å²) in [6, 6.07) is 0.547. The van der Waals surface area contributed by atoms with Crippen LogP contribution in [0.4, 0.5) is 0 Å². The largest absolute Gasteiger partial charge is 0.396 e. The molecule has 0 radical (unpaired) electrons. The van der Waals surface area contributed by atoms with E-state index >= 15 is 0 Å². The van der Waals surface area contributed by atoms with Crippen LogP contribution in [0.3, 0.4) is 0 Å².